The van der Waals surface area contributed by atoms with Crippen LogP contribution >= 0.6 is 0 Å². The van der Waals surface area contributed by atoms with Crippen LogP contribution in [-0.4, -0.2) is 31.6 Å². The lowest BCUT2D eigenvalue weighted by Gasteiger charge is -2.36. The van der Waals surface area contributed by atoms with Crippen LogP contribution in [0, 0.1) is 12.3 Å². The fourth-order valence-corrected chi connectivity index (χ4v) is 2.94. The molecule has 0 fully saturated rings. The van der Waals surface area contributed by atoms with E-state index in [0.29, 0.717) is 5.41 Å². The molecule has 0 saturated carbocycles. The Morgan fingerprint density at radius 2 is 1.67 bits per heavy atom. The second kappa shape index (κ2) is 9.22. The van der Waals surface area contributed by atoms with Crippen LogP contribution in [0.5, 0.6) is 0 Å². The Hall–Kier alpha value is -0.860. The lowest BCUT2D eigenvalue weighted by Crippen LogP contribution is -2.42. The predicted octanol–water partition coefficient (Wildman–Crippen LogP) is 4.23. The van der Waals surface area contributed by atoms with E-state index < -0.39 is 0 Å². The summed E-state index contributed by atoms with van der Waals surface area (Å²) in [6.45, 7) is 13.5. The fourth-order valence-electron chi connectivity index (χ4n) is 2.94. The molecule has 120 valence electrons. The summed E-state index contributed by atoms with van der Waals surface area (Å²) >= 11 is 0. The minimum absolute atomic E-state index is 0.397. The zero-order valence-corrected chi connectivity index (χ0v) is 14.7. The average Bonchev–Trinajstić information content (AvgIpc) is 2.49. The maximum Gasteiger partial charge on any atom is 0.0230 e. The Kier molecular flexibility index (Phi) is 7.98. The molecule has 1 aromatic rings. The van der Waals surface area contributed by atoms with Crippen molar-refractivity contribution in [1.82, 2.24) is 10.2 Å². The summed E-state index contributed by atoms with van der Waals surface area (Å²) in [6.07, 6.45) is 3.68. The first kappa shape index (κ1) is 18.2. The quantitative estimate of drug-likeness (QED) is 0.649. The summed E-state index contributed by atoms with van der Waals surface area (Å²) in [5.41, 5.74) is 3.14. The van der Waals surface area contributed by atoms with Gasteiger partial charge in [0, 0.05) is 19.6 Å². The van der Waals surface area contributed by atoms with E-state index in [1.165, 1.54) is 30.4 Å². The second-order valence-corrected chi connectivity index (χ2v) is 6.54. The van der Waals surface area contributed by atoms with Crippen LogP contribution in [-0.2, 0) is 6.54 Å². The van der Waals surface area contributed by atoms with E-state index >= 15 is 0 Å². The number of nitrogens with one attached hydrogen (secondary N) is 1. The maximum atomic E-state index is 3.63. The normalized spacial score (nSPS) is 12.1. The summed E-state index contributed by atoms with van der Waals surface area (Å²) in [5.74, 6) is 0. The molecule has 0 saturated heterocycles. The van der Waals surface area contributed by atoms with Gasteiger partial charge in [0.1, 0.15) is 0 Å². The Labute approximate surface area is 131 Å². The van der Waals surface area contributed by atoms with Gasteiger partial charge in [-0.2, -0.15) is 0 Å². The van der Waals surface area contributed by atoms with Crippen LogP contribution in [0.1, 0.15) is 51.2 Å². The van der Waals surface area contributed by atoms with Crippen molar-refractivity contribution in [3.05, 3.63) is 35.4 Å². The third kappa shape index (κ3) is 6.19. The molecule has 0 aromatic heterocycles. The summed E-state index contributed by atoms with van der Waals surface area (Å²) in [5, 5.41) is 3.63. The van der Waals surface area contributed by atoms with Gasteiger partial charge in [0.2, 0.25) is 0 Å². The van der Waals surface area contributed by atoms with Crippen molar-refractivity contribution >= 4 is 0 Å². The maximum absolute atomic E-state index is 3.63. The third-order valence-corrected chi connectivity index (χ3v) is 4.61. The summed E-state index contributed by atoms with van der Waals surface area (Å²) in [7, 11) is 2.25. The third-order valence-electron chi connectivity index (χ3n) is 4.61. The lowest BCUT2D eigenvalue weighted by molar-refractivity contribution is 0.151. The molecule has 0 aliphatic carbocycles. The van der Waals surface area contributed by atoms with E-state index in [4.69, 9.17) is 0 Å². The minimum Gasteiger partial charge on any atom is -0.316 e. The number of hydrogen-bond acceptors (Lipinski definition) is 2. The van der Waals surface area contributed by atoms with Gasteiger partial charge in [-0.15, -0.1) is 0 Å². The molecule has 0 amide bonds. The van der Waals surface area contributed by atoms with Crippen molar-refractivity contribution in [3.63, 3.8) is 0 Å². The summed E-state index contributed by atoms with van der Waals surface area (Å²) in [6, 6.07) is 8.92. The van der Waals surface area contributed by atoms with Gasteiger partial charge in [-0.1, -0.05) is 50.6 Å². The molecule has 1 rings (SSSR count). The highest BCUT2D eigenvalue weighted by Gasteiger charge is 2.27. The molecule has 2 nitrogen and oxygen atoms in total. The molecule has 1 N–H and O–H groups in total. The molecule has 0 spiro atoms. The van der Waals surface area contributed by atoms with Crippen molar-refractivity contribution < 1.29 is 0 Å². The zero-order valence-electron chi connectivity index (χ0n) is 14.7. The van der Waals surface area contributed by atoms with Crippen molar-refractivity contribution in [2.45, 2.75) is 53.5 Å². The summed E-state index contributed by atoms with van der Waals surface area (Å²) < 4.78 is 0. The van der Waals surface area contributed by atoms with Crippen LogP contribution in [0.3, 0.4) is 0 Å². The summed E-state index contributed by atoms with van der Waals surface area (Å²) in [4.78, 5) is 2.48. The molecule has 0 aliphatic rings. The Balaban J connectivity index is 2.58. The Bertz CT molecular complexity index is 379. The standard InChI is InChI=1S/C19H34N2/c1-6-13-20-15-19(7-2,8-3)16-21(5)14-18-11-9-17(4)10-12-18/h9-12,20H,6-8,13-16H2,1-5H3. The lowest BCUT2D eigenvalue weighted by atomic mass is 9.81. The van der Waals surface area contributed by atoms with E-state index in [9.17, 15) is 0 Å². The van der Waals surface area contributed by atoms with Gasteiger partial charge in [0.15, 0.2) is 0 Å². The van der Waals surface area contributed by atoms with Crippen LogP contribution in [0.2, 0.25) is 0 Å². The molecule has 0 radical (unpaired) electrons. The SMILES string of the molecule is CCCNCC(CC)(CC)CN(C)Cc1ccc(C)cc1. The van der Waals surface area contributed by atoms with Gasteiger partial charge in [0.25, 0.3) is 0 Å². The van der Waals surface area contributed by atoms with Crippen LogP contribution in [0.4, 0.5) is 0 Å². The molecule has 2 heteroatoms. The smallest absolute Gasteiger partial charge is 0.0230 e. The number of hydrogen-bond donors (Lipinski definition) is 1. The molecule has 1 aromatic carbocycles. The Morgan fingerprint density at radius 3 is 2.19 bits per heavy atom. The molecular weight excluding hydrogens is 256 g/mol. The number of rotatable bonds is 10. The van der Waals surface area contributed by atoms with E-state index in [1.807, 2.05) is 0 Å². The Morgan fingerprint density at radius 1 is 1.05 bits per heavy atom. The van der Waals surface area contributed by atoms with E-state index in [-0.39, 0.29) is 0 Å². The molecule has 0 bridgehead atoms. The van der Waals surface area contributed by atoms with E-state index in [0.717, 1.165) is 26.2 Å². The highest BCUT2D eigenvalue weighted by molar-refractivity contribution is 5.21. The molecule has 0 heterocycles. The van der Waals surface area contributed by atoms with Crippen molar-refractivity contribution in [3.8, 4) is 0 Å². The van der Waals surface area contributed by atoms with Crippen LogP contribution in [0.15, 0.2) is 24.3 Å². The number of aryl methyl sites for hydroxylation is 1. The number of benzene rings is 1. The topological polar surface area (TPSA) is 15.3 Å². The number of nitrogens with zero attached hydrogens (tertiary/aromatic N) is 1. The van der Waals surface area contributed by atoms with E-state index in [1.54, 1.807) is 0 Å². The molecule has 21 heavy (non-hydrogen) atoms. The van der Waals surface area contributed by atoms with Gasteiger partial charge in [-0.05, 0) is 50.8 Å². The van der Waals surface area contributed by atoms with Crippen LogP contribution in [0.25, 0.3) is 0 Å². The highest BCUT2D eigenvalue weighted by atomic mass is 15.1. The molecule has 0 unspecified atom stereocenters. The first-order valence-corrected chi connectivity index (χ1v) is 8.50. The van der Waals surface area contributed by atoms with Gasteiger partial charge in [-0.25, -0.2) is 0 Å². The first-order valence-electron chi connectivity index (χ1n) is 8.50. The molecule has 0 atom stereocenters. The van der Waals surface area contributed by atoms with Gasteiger partial charge in [0.05, 0.1) is 0 Å². The van der Waals surface area contributed by atoms with Crippen molar-refractivity contribution in [2.75, 3.05) is 26.7 Å². The van der Waals surface area contributed by atoms with Crippen molar-refractivity contribution in [2.24, 2.45) is 5.41 Å². The molecular formula is C19H34N2. The zero-order chi connectivity index (χ0) is 15.7. The second-order valence-electron chi connectivity index (χ2n) is 6.54. The van der Waals surface area contributed by atoms with Gasteiger partial charge >= 0.3 is 0 Å². The fraction of sp³-hybridized carbons (Fsp3) is 0.684. The van der Waals surface area contributed by atoms with Crippen LogP contribution < -0.4 is 5.32 Å². The minimum atomic E-state index is 0.397. The van der Waals surface area contributed by atoms with Gasteiger partial charge < -0.3 is 10.2 Å². The average molecular weight is 290 g/mol. The first-order chi connectivity index (χ1) is 10.0. The molecule has 0 aliphatic heterocycles. The van der Waals surface area contributed by atoms with Gasteiger partial charge in [-0.3, -0.25) is 0 Å². The largest absolute Gasteiger partial charge is 0.316 e. The predicted molar refractivity (Wildman–Crippen MR) is 93.7 cm³/mol. The van der Waals surface area contributed by atoms with Crippen molar-refractivity contribution in [1.29, 1.82) is 0 Å². The highest BCUT2D eigenvalue weighted by Crippen LogP contribution is 2.27. The van der Waals surface area contributed by atoms with E-state index in [2.05, 4.69) is 69.2 Å². The monoisotopic (exact) mass is 290 g/mol.